The van der Waals surface area contributed by atoms with Gasteiger partial charge in [0.15, 0.2) is 5.76 Å². The molecule has 1 N–H and O–H groups in total. The lowest BCUT2D eigenvalue weighted by atomic mass is 9.93. The Labute approximate surface area is 152 Å². The molecule has 2 amide bonds. The van der Waals surface area contributed by atoms with Crippen molar-refractivity contribution in [3.05, 3.63) is 42.4 Å². The summed E-state index contributed by atoms with van der Waals surface area (Å²) in [5.41, 5.74) is 1.38. The van der Waals surface area contributed by atoms with E-state index in [9.17, 15) is 9.59 Å². The van der Waals surface area contributed by atoms with Crippen molar-refractivity contribution in [2.45, 2.75) is 38.6 Å². The van der Waals surface area contributed by atoms with Gasteiger partial charge in [-0.25, -0.2) is 4.98 Å². The van der Waals surface area contributed by atoms with E-state index in [-0.39, 0.29) is 11.8 Å². The summed E-state index contributed by atoms with van der Waals surface area (Å²) in [5.74, 6) is -0.00744. The van der Waals surface area contributed by atoms with E-state index in [1.54, 1.807) is 6.92 Å². The molecule has 1 spiro atoms. The summed E-state index contributed by atoms with van der Waals surface area (Å²) >= 11 is 0. The number of benzene rings is 1. The van der Waals surface area contributed by atoms with Gasteiger partial charge in [-0.3, -0.25) is 9.59 Å². The summed E-state index contributed by atoms with van der Waals surface area (Å²) in [4.78, 5) is 30.8. The molecule has 1 saturated carbocycles. The lowest BCUT2D eigenvalue weighted by molar-refractivity contribution is -0.134. The van der Waals surface area contributed by atoms with Gasteiger partial charge in [0.2, 0.25) is 5.91 Å². The topological polar surface area (TPSA) is 75.4 Å². The predicted octanol–water partition coefficient (Wildman–Crippen LogP) is 2.86. The number of aromatic nitrogens is 1. The summed E-state index contributed by atoms with van der Waals surface area (Å²) in [6.07, 6.45) is 6.29. The predicted molar refractivity (Wildman–Crippen MR) is 96.3 cm³/mol. The molecule has 2 aromatic rings. The van der Waals surface area contributed by atoms with Gasteiger partial charge in [0, 0.05) is 18.7 Å². The zero-order chi connectivity index (χ0) is 18.1. The minimum absolute atomic E-state index is 0.0286. The minimum atomic E-state index is -0.595. The normalized spacial score (nSPS) is 19.2. The highest BCUT2D eigenvalue weighted by Gasteiger charge is 2.45. The van der Waals surface area contributed by atoms with Crippen LogP contribution in [0.1, 0.15) is 43.3 Å². The number of nitrogens with zero attached hydrogens (tertiary/aromatic N) is 2. The highest BCUT2D eigenvalue weighted by Crippen LogP contribution is 2.53. The minimum Gasteiger partial charge on any atom is -0.432 e. The molecule has 136 valence electrons. The molecule has 1 atom stereocenters. The monoisotopic (exact) mass is 353 g/mol. The van der Waals surface area contributed by atoms with Gasteiger partial charge in [0.1, 0.15) is 6.04 Å². The standard InChI is InChI=1S/C20H23N3O3/c1-14(19(25)23-11-9-20(7-8-20)10-12-23)22-17(24)18-21-13-16(26-18)15-5-3-2-4-6-15/h2-6,13-14H,7-12H2,1H3,(H,22,24)/t14-/m0/s1. The average Bonchev–Trinajstić information content (AvgIpc) is 3.23. The highest BCUT2D eigenvalue weighted by molar-refractivity contribution is 5.94. The van der Waals surface area contributed by atoms with Crippen LogP contribution in [0.5, 0.6) is 0 Å². The maximum absolute atomic E-state index is 12.6. The van der Waals surface area contributed by atoms with E-state index in [0.717, 1.165) is 31.5 Å². The number of amides is 2. The molecule has 1 aliphatic heterocycles. The van der Waals surface area contributed by atoms with Crippen molar-refractivity contribution in [2.24, 2.45) is 5.41 Å². The van der Waals surface area contributed by atoms with E-state index >= 15 is 0 Å². The van der Waals surface area contributed by atoms with Crippen molar-refractivity contribution >= 4 is 11.8 Å². The first-order valence-electron chi connectivity index (χ1n) is 9.17. The SMILES string of the molecule is C[C@H](NC(=O)c1ncc(-c2ccccc2)o1)C(=O)N1CCC2(CC1)CC2. The maximum atomic E-state index is 12.6. The van der Waals surface area contributed by atoms with Gasteiger partial charge >= 0.3 is 5.91 Å². The number of carbonyl (C=O) groups excluding carboxylic acids is 2. The molecule has 0 unspecified atom stereocenters. The molecule has 2 heterocycles. The molecule has 1 aromatic heterocycles. The van der Waals surface area contributed by atoms with Crippen LogP contribution in [0.3, 0.4) is 0 Å². The van der Waals surface area contributed by atoms with E-state index < -0.39 is 11.9 Å². The fraction of sp³-hybridized carbons (Fsp3) is 0.450. The zero-order valence-corrected chi connectivity index (χ0v) is 14.9. The Bertz CT molecular complexity index is 801. The Morgan fingerprint density at radius 1 is 1.15 bits per heavy atom. The van der Waals surface area contributed by atoms with Crippen LogP contribution in [0.4, 0.5) is 0 Å². The number of oxazole rings is 1. The molecule has 0 radical (unpaired) electrons. The highest BCUT2D eigenvalue weighted by atomic mass is 16.4. The van der Waals surface area contributed by atoms with Gasteiger partial charge in [0.05, 0.1) is 6.20 Å². The van der Waals surface area contributed by atoms with Gasteiger partial charge in [-0.05, 0) is 38.0 Å². The second kappa shape index (κ2) is 6.59. The molecule has 6 heteroatoms. The van der Waals surface area contributed by atoms with E-state index in [1.807, 2.05) is 35.2 Å². The molecule has 2 aliphatic rings. The number of hydrogen-bond donors (Lipinski definition) is 1. The molecule has 1 aromatic carbocycles. The summed E-state index contributed by atoms with van der Waals surface area (Å²) in [6, 6.07) is 8.87. The van der Waals surface area contributed by atoms with Gasteiger partial charge in [-0.1, -0.05) is 30.3 Å². The number of hydrogen-bond acceptors (Lipinski definition) is 4. The summed E-state index contributed by atoms with van der Waals surface area (Å²) in [5, 5.41) is 2.71. The van der Waals surface area contributed by atoms with Crippen LogP contribution in [0.15, 0.2) is 40.9 Å². The second-order valence-corrected chi connectivity index (χ2v) is 7.42. The Morgan fingerprint density at radius 3 is 2.50 bits per heavy atom. The van der Waals surface area contributed by atoms with Crippen LogP contribution in [-0.4, -0.2) is 40.8 Å². The molecule has 2 fully saturated rings. The number of rotatable bonds is 4. The largest absolute Gasteiger partial charge is 0.432 e. The Kier molecular flexibility index (Phi) is 4.26. The third kappa shape index (κ3) is 3.36. The lowest BCUT2D eigenvalue weighted by Gasteiger charge is -2.33. The van der Waals surface area contributed by atoms with E-state index in [1.165, 1.54) is 19.0 Å². The Hall–Kier alpha value is -2.63. The Morgan fingerprint density at radius 2 is 1.85 bits per heavy atom. The van der Waals surface area contributed by atoms with Gasteiger partial charge in [-0.2, -0.15) is 0 Å². The van der Waals surface area contributed by atoms with Crippen molar-refractivity contribution in [3.63, 3.8) is 0 Å². The fourth-order valence-corrected chi connectivity index (χ4v) is 3.59. The molecule has 4 rings (SSSR count). The number of piperidine rings is 1. The molecule has 1 saturated heterocycles. The van der Waals surface area contributed by atoms with Crippen LogP contribution in [0.25, 0.3) is 11.3 Å². The molecular formula is C20H23N3O3. The summed E-state index contributed by atoms with van der Waals surface area (Å²) in [7, 11) is 0. The van der Waals surface area contributed by atoms with Gasteiger partial charge in [0.25, 0.3) is 5.89 Å². The summed E-state index contributed by atoms with van der Waals surface area (Å²) in [6.45, 7) is 3.29. The van der Waals surface area contributed by atoms with Crippen molar-refractivity contribution < 1.29 is 14.0 Å². The lowest BCUT2D eigenvalue weighted by Crippen LogP contribution is -2.49. The third-order valence-corrected chi connectivity index (χ3v) is 5.57. The van der Waals surface area contributed by atoms with E-state index in [4.69, 9.17) is 4.42 Å². The molecular weight excluding hydrogens is 330 g/mol. The summed E-state index contributed by atoms with van der Waals surface area (Å²) < 4.78 is 5.55. The molecule has 26 heavy (non-hydrogen) atoms. The van der Waals surface area contributed by atoms with Crippen LogP contribution < -0.4 is 5.32 Å². The average molecular weight is 353 g/mol. The molecule has 1 aliphatic carbocycles. The first-order chi connectivity index (χ1) is 12.6. The van der Waals surface area contributed by atoms with Crippen LogP contribution in [0.2, 0.25) is 0 Å². The van der Waals surface area contributed by atoms with Crippen molar-refractivity contribution in [3.8, 4) is 11.3 Å². The quantitative estimate of drug-likeness (QED) is 0.917. The first kappa shape index (κ1) is 16.8. The van der Waals surface area contributed by atoms with Gasteiger partial charge in [-0.15, -0.1) is 0 Å². The number of carbonyl (C=O) groups is 2. The van der Waals surface area contributed by atoms with Crippen LogP contribution >= 0.6 is 0 Å². The third-order valence-electron chi connectivity index (χ3n) is 5.57. The van der Waals surface area contributed by atoms with E-state index in [2.05, 4.69) is 10.3 Å². The smallest absolute Gasteiger partial charge is 0.307 e. The van der Waals surface area contributed by atoms with E-state index in [0.29, 0.717) is 11.2 Å². The number of likely N-dealkylation sites (tertiary alicyclic amines) is 1. The second-order valence-electron chi connectivity index (χ2n) is 7.42. The first-order valence-corrected chi connectivity index (χ1v) is 9.17. The fourth-order valence-electron chi connectivity index (χ4n) is 3.59. The molecule has 6 nitrogen and oxygen atoms in total. The van der Waals surface area contributed by atoms with Crippen molar-refractivity contribution in [1.82, 2.24) is 15.2 Å². The van der Waals surface area contributed by atoms with Crippen LogP contribution in [-0.2, 0) is 4.79 Å². The van der Waals surface area contributed by atoms with Crippen molar-refractivity contribution in [2.75, 3.05) is 13.1 Å². The zero-order valence-electron chi connectivity index (χ0n) is 14.9. The Balaban J connectivity index is 1.35. The number of nitrogens with one attached hydrogen (secondary N) is 1. The molecule has 0 bridgehead atoms. The van der Waals surface area contributed by atoms with Crippen LogP contribution in [0, 0.1) is 5.41 Å². The van der Waals surface area contributed by atoms with Crippen molar-refractivity contribution in [1.29, 1.82) is 0 Å². The maximum Gasteiger partial charge on any atom is 0.307 e. The van der Waals surface area contributed by atoms with Gasteiger partial charge < -0.3 is 14.6 Å².